The Morgan fingerprint density at radius 2 is 2.00 bits per heavy atom. The minimum atomic E-state index is -0.934. The molecule has 1 saturated carbocycles. The molecule has 6 rings (SSSR count). The molecule has 0 aromatic heterocycles. The largest absolute Gasteiger partial charge is 0.466 e. The molecule has 0 unspecified atom stereocenters. The van der Waals surface area contributed by atoms with Crippen LogP contribution < -0.4 is 0 Å². The van der Waals surface area contributed by atoms with Gasteiger partial charge in [0.2, 0.25) is 0 Å². The van der Waals surface area contributed by atoms with Crippen LogP contribution in [0.4, 0.5) is 0 Å². The standard InChI is InChI=1S/C20H22O5/c1-2-23-18(21)17-14-9-6-10-19(14)15-11-22-12-16(15)20(17,25-24-19)13-7-4-3-5-8-13/h3-5,7-8,14,17H,2,6,9-12H2,1H3/t14-,17+,19-,20-/m1/s1. The van der Waals surface area contributed by atoms with E-state index in [1.54, 1.807) is 0 Å². The third-order valence-corrected chi connectivity index (χ3v) is 6.38. The van der Waals surface area contributed by atoms with E-state index in [1.807, 2.05) is 37.3 Å². The Balaban J connectivity index is 1.76. The fourth-order valence-electron chi connectivity index (χ4n) is 5.47. The van der Waals surface area contributed by atoms with Crippen LogP contribution in [0.25, 0.3) is 0 Å². The number of carbonyl (C=O) groups excluding carboxylic acids is 1. The zero-order valence-electron chi connectivity index (χ0n) is 14.3. The van der Waals surface area contributed by atoms with E-state index in [0.29, 0.717) is 19.8 Å². The van der Waals surface area contributed by atoms with E-state index in [-0.39, 0.29) is 11.9 Å². The Morgan fingerprint density at radius 1 is 1.20 bits per heavy atom. The van der Waals surface area contributed by atoms with Crippen molar-refractivity contribution in [2.24, 2.45) is 11.8 Å². The molecule has 0 radical (unpaired) electrons. The van der Waals surface area contributed by atoms with Crippen molar-refractivity contribution in [3.05, 3.63) is 47.0 Å². The Hall–Kier alpha value is -1.69. The molecule has 3 heterocycles. The third-order valence-electron chi connectivity index (χ3n) is 6.38. The van der Waals surface area contributed by atoms with Gasteiger partial charge in [0.1, 0.15) is 11.5 Å². The highest BCUT2D eigenvalue weighted by Crippen LogP contribution is 2.66. The number of ether oxygens (including phenoxy) is 2. The fraction of sp³-hybridized carbons (Fsp3) is 0.550. The number of fused-ring (bicyclic) bond motifs is 1. The second-order valence-electron chi connectivity index (χ2n) is 7.34. The van der Waals surface area contributed by atoms with Gasteiger partial charge < -0.3 is 9.47 Å². The first-order valence-electron chi connectivity index (χ1n) is 9.14. The number of hydrogen-bond acceptors (Lipinski definition) is 5. The van der Waals surface area contributed by atoms with Crippen LogP contribution in [-0.2, 0) is 29.6 Å². The van der Waals surface area contributed by atoms with Crippen molar-refractivity contribution in [3.8, 4) is 0 Å². The van der Waals surface area contributed by atoms with E-state index in [9.17, 15) is 4.79 Å². The van der Waals surface area contributed by atoms with E-state index in [2.05, 4.69) is 0 Å². The molecule has 2 aliphatic carbocycles. The van der Waals surface area contributed by atoms with E-state index in [0.717, 1.165) is 30.4 Å². The molecule has 5 aliphatic rings. The lowest BCUT2D eigenvalue weighted by Gasteiger charge is -2.57. The highest BCUT2D eigenvalue weighted by atomic mass is 17.2. The lowest BCUT2D eigenvalue weighted by molar-refractivity contribution is -0.460. The molecule has 4 atom stereocenters. The van der Waals surface area contributed by atoms with Crippen molar-refractivity contribution in [1.29, 1.82) is 0 Å². The van der Waals surface area contributed by atoms with E-state index in [1.165, 1.54) is 5.57 Å². The summed E-state index contributed by atoms with van der Waals surface area (Å²) < 4.78 is 11.3. The summed E-state index contributed by atoms with van der Waals surface area (Å²) in [6, 6.07) is 9.91. The first kappa shape index (κ1) is 15.6. The van der Waals surface area contributed by atoms with Crippen molar-refractivity contribution in [2.75, 3.05) is 19.8 Å². The average Bonchev–Trinajstić information content (AvgIpc) is 3.30. The van der Waals surface area contributed by atoms with Crippen LogP contribution in [-0.4, -0.2) is 31.4 Å². The molecule has 5 heteroatoms. The summed E-state index contributed by atoms with van der Waals surface area (Å²) in [5, 5.41) is 0. The van der Waals surface area contributed by atoms with Crippen LogP contribution in [0.5, 0.6) is 0 Å². The van der Waals surface area contributed by atoms with Crippen LogP contribution >= 0.6 is 0 Å². The molecule has 1 aromatic carbocycles. The summed E-state index contributed by atoms with van der Waals surface area (Å²) in [6.45, 7) is 3.26. The Kier molecular flexibility index (Phi) is 3.36. The topological polar surface area (TPSA) is 54.0 Å². The van der Waals surface area contributed by atoms with Gasteiger partial charge >= 0.3 is 5.97 Å². The van der Waals surface area contributed by atoms with Gasteiger partial charge in [0.25, 0.3) is 0 Å². The van der Waals surface area contributed by atoms with E-state index >= 15 is 0 Å². The van der Waals surface area contributed by atoms with Crippen LogP contribution in [0.1, 0.15) is 31.7 Å². The molecule has 132 valence electrons. The van der Waals surface area contributed by atoms with Crippen molar-refractivity contribution in [1.82, 2.24) is 0 Å². The predicted molar refractivity (Wildman–Crippen MR) is 88.3 cm³/mol. The third kappa shape index (κ3) is 1.81. The normalized spacial score (nSPS) is 38.6. The molecule has 0 amide bonds. The number of rotatable bonds is 3. The maximum absolute atomic E-state index is 13.1. The first-order chi connectivity index (χ1) is 12.2. The van der Waals surface area contributed by atoms with Gasteiger partial charge in [-0.15, -0.1) is 0 Å². The van der Waals surface area contributed by atoms with Gasteiger partial charge in [-0.1, -0.05) is 30.3 Å². The smallest absolute Gasteiger partial charge is 0.313 e. The number of hydrogen-bond donors (Lipinski definition) is 0. The van der Waals surface area contributed by atoms with Crippen LogP contribution in [0, 0.1) is 11.8 Å². The number of benzene rings is 1. The lowest BCUT2D eigenvalue weighted by atomic mass is 9.58. The number of carbonyl (C=O) groups is 1. The maximum atomic E-state index is 13.1. The first-order valence-corrected chi connectivity index (χ1v) is 9.14. The minimum absolute atomic E-state index is 0.0703. The molecule has 3 aliphatic heterocycles. The van der Waals surface area contributed by atoms with E-state index in [4.69, 9.17) is 19.2 Å². The van der Waals surface area contributed by atoms with Crippen LogP contribution in [0.2, 0.25) is 0 Å². The van der Waals surface area contributed by atoms with Crippen molar-refractivity contribution in [3.63, 3.8) is 0 Å². The molecule has 1 saturated heterocycles. The molecule has 2 bridgehead atoms. The zero-order chi connectivity index (χ0) is 17.1. The maximum Gasteiger partial charge on any atom is 0.313 e. The summed E-state index contributed by atoms with van der Waals surface area (Å²) in [5.41, 5.74) is 1.76. The van der Waals surface area contributed by atoms with Gasteiger partial charge in [0, 0.05) is 11.5 Å². The second-order valence-corrected chi connectivity index (χ2v) is 7.34. The molecular formula is C20H22O5. The summed E-state index contributed by atoms with van der Waals surface area (Å²) in [7, 11) is 0. The monoisotopic (exact) mass is 342 g/mol. The molecule has 1 aromatic rings. The molecule has 2 fully saturated rings. The average molecular weight is 342 g/mol. The quantitative estimate of drug-likeness (QED) is 0.480. The van der Waals surface area contributed by atoms with Crippen molar-refractivity contribution < 1.29 is 24.0 Å². The second kappa shape index (κ2) is 5.40. The predicted octanol–water partition coefficient (Wildman–Crippen LogP) is 2.90. The fourth-order valence-corrected chi connectivity index (χ4v) is 5.47. The lowest BCUT2D eigenvalue weighted by Crippen LogP contribution is -2.64. The van der Waals surface area contributed by atoms with Crippen LogP contribution in [0.15, 0.2) is 41.5 Å². The van der Waals surface area contributed by atoms with E-state index < -0.39 is 17.1 Å². The molecule has 1 spiro atoms. The Morgan fingerprint density at radius 3 is 2.80 bits per heavy atom. The highest BCUT2D eigenvalue weighted by molar-refractivity contribution is 5.78. The summed E-state index contributed by atoms with van der Waals surface area (Å²) in [6.07, 6.45) is 2.84. The Labute approximate surface area is 146 Å². The van der Waals surface area contributed by atoms with Gasteiger partial charge in [-0.25, -0.2) is 9.78 Å². The van der Waals surface area contributed by atoms with Gasteiger partial charge in [-0.3, -0.25) is 4.79 Å². The SMILES string of the molecule is CCOC(=O)[C@@H]1[C@H]2CCC[C@@]23OO[C@]1(c1ccccc1)C1=C3COC1. The minimum Gasteiger partial charge on any atom is -0.466 e. The molecule has 25 heavy (non-hydrogen) atoms. The van der Waals surface area contributed by atoms with Gasteiger partial charge in [0.05, 0.1) is 19.8 Å². The van der Waals surface area contributed by atoms with Crippen molar-refractivity contribution >= 4 is 5.97 Å². The van der Waals surface area contributed by atoms with Crippen molar-refractivity contribution in [2.45, 2.75) is 37.4 Å². The summed E-state index contributed by atoms with van der Waals surface area (Å²) in [5.74, 6) is -0.517. The highest BCUT2D eigenvalue weighted by Gasteiger charge is 2.72. The van der Waals surface area contributed by atoms with Gasteiger partial charge in [-0.2, -0.15) is 0 Å². The zero-order valence-corrected chi connectivity index (χ0v) is 14.3. The summed E-state index contributed by atoms with van der Waals surface area (Å²) >= 11 is 0. The van der Waals surface area contributed by atoms with Gasteiger partial charge in [-0.05, 0) is 37.3 Å². The molecular weight excluding hydrogens is 320 g/mol. The summed E-state index contributed by atoms with van der Waals surface area (Å²) in [4.78, 5) is 25.3. The van der Waals surface area contributed by atoms with Crippen LogP contribution in [0.3, 0.4) is 0 Å². The Bertz CT molecular complexity index is 742. The number of esters is 1. The molecule has 0 N–H and O–H groups in total. The molecule has 5 nitrogen and oxygen atoms in total. The van der Waals surface area contributed by atoms with Gasteiger partial charge in [0.15, 0.2) is 5.60 Å².